The lowest BCUT2D eigenvalue weighted by atomic mass is 10.1. The number of H-pyrrole nitrogens is 1. The van der Waals surface area contributed by atoms with Gasteiger partial charge in [0, 0.05) is 19.3 Å². The molecule has 7 nitrogen and oxygen atoms in total. The maximum absolute atomic E-state index is 12.0. The van der Waals surface area contributed by atoms with E-state index in [0.29, 0.717) is 28.7 Å². The van der Waals surface area contributed by atoms with Gasteiger partial charge in [0.15, 0.2) is 16.5 Å². The van der Waals surface area contributed by atoms with E-state index in [1.165, 1.54) is 21.9 Å². The maximum atomic E-state index is 12.0. The molecular weight excluding hydrogens is 340 g/mol. The summed E-state index contributed by atoms with van der Waals surface area (Å²) in [5.74, 6) is 0.479. The van der Waals surface area contributed by atoms with Crippen LogP contribution in [-0.2, 0) is 20.0 Å². The van der Waals surface area contributed by atoms with Crippen LogP contribution in [0.5, 0.6) is 0 Å². The van der Waals surface area contributed by atoms with E-state index >= 15 is 0 Å². The van der Waals surface area contributed by atoms with Crippen LogP contribution in [0.15, 0.2) is 45.1 Å². The quantitative estimate of drug-likeness (QED) is 0.508. The Balaban J connectivity index is 2.05. The van der Waals surface area contributed by atoms with Gasteiger partial charge in [0.2, 0.25) is 0 Å². The van der Waals surface area contributed by atoms with Gasteiger partial charge in [-0.15, -0.1) is 0 Å². The van der Waals surface area contributed by atoms with Crippen LogP contribution in [0.4, 0.5) is 0 Å². The van der Waals surface area contributed by atoms with E-state index in [-0.39, 0.29) is 0 Å². The van der Waals surface area contributed by atoms with Crippen molar-refractivity contribution in [3.05, 3.63) is 56.6 Å². The summed E-state index contributed by atoms with van der Waals surface area (Å²) in [5.41, 5.74) is 0.836. The Hall–Kier alpha value is -2.32. The van der Waals surface area contributed by atoms with Gasteiger partial charge in [0.1, 0.15) is 0 Å². The summed E-state index contributed by atoms with van der Waals surface area (Å²) in [6, 6.07) is 10.0. The standard InChI is InChI=1S/C17H20N4O3S/c1-11(22)10-25-17-19-13-15(20(2)16(24)14(23)18-13)21(17)9-8-12-6-4-3-5-7-12/h3-7,11,22H,8-10H2,1-2H3,(H,18,23). The summed E-state index contributed by atoms with van der Waals surface area (Å²) in [7, 11) is 1.57. The Kier molecular flexibility index (Phi) is 5.10. The minimum atomic E-state index is -0.685. The molecule has 0 amide bonds. The number of imidazole rings is 1. The molecule has 1 atom stereocenters. The van der Waals surface area contributed by atoms with Crippen LogP contribution >= 0.6 is 11.8 Å². The first kappa shape index (κ1) is 17.5. The van der Waals surface area contributed by atoms with Crippen LogP contribution in [0.2, 0.25) is 0 Å². The summed E-state index contributed by atoms with van der Waals surface area (Å²) in [4.78, 5) is 30.8. The number of fused-ring (bicyclic) bond motifs is 1. The number of aliphatic hydroxyl groups is 1. The van der Waals surface area contributed by atoms with Gasteiger partial charge in [-0.25, -0.2) is 4.98 Å². The molecule has 0 spiro atoms. The van der Waals surface area contributed by atoms with Gasteiger partial charge in [-0.3, -0.25) is 19.1 Å². The number of aryl methyl sites for hydroxylation is 3. The van der Waals surface area contributed by atoms with Gasteiger partial charge in [0.05, 0.1) is 6.10 Å². The van der Waals surface area contributed by atoms with Crippen LogP contribution in [0, 0.1) is 0 Å². The SMILES string of the molecule is CC(O)CSc1nc2[nH]c(=O)c(=O)n(C)c2n1CCc1ccccc1. The highest BCUT2D eigenvalue weighted by atomic mass is 32.2. The van der Waals surface area contributed by atoms with Crippen molar-refractivity contribution >= 4 is 23.1 Å². The molecule has 0 aliphatic heterocycles. The second-order valence-corrected chi connectivity index (χ2v) is 6.92. The normalized spacial score (nSPS) is 12.6. The minimum absolute atomic E-state index is 0.383. The minimum Gasteiger partial charge on any atom is -0.393 e. The van der Waals surface area contributed by atoms with Crippen molar-refractivity contribution in [3.8, 4) is 0 Å². The second kappa shape index (κ2) is 7.28. The van der Waals surface area contributed by atoms with Crippen LogP contribution in [-0.4, -0.2) is 36.1 Å². The van der Waals surface area contributed by atoms with E-state index in [1.54, 1.807) is 14.0 Å². The molecule has 3 aromatic rings. The highest BCUT2D eigenvalue weighted by molar-refractivity contribution is 7.99. The molecule has 0 saturated heterocycles. The number of aromatic nitrogens is 4. The first-order valence-electron chi connectivity index (χ1n) is 8.01. The fourth-order valence-electron chi connectivity index (χ4n) is 2.65. The number of nitrogens with one attached hydrogen (secondary N) is 1. The van der Waals surface area contributed by atoms with Crippen LogP contribution in [0.1, 0.15) is 12.5 Å². The molecule has 0 aliphatic carbocycles. The number of thioether (sulfide) groups is 1. The van der Waals surface area contributed by atoms with E-state index < -0.39 is 17.2 Å². The highest BCUT2D eigenvalue weighted by Gasteiger charge is 2.17. The van der Waals surface area contributed by atoms with Crippen molar-refractivity contribution in [1.82, 2.24) is 19.1 Å². The first-order valence-corrected chi connectivity index (χ1v) is 9.00. The fourth-order valence-corrected chi connectivity index (χ4v) is 3.53. The number of hydrogen-bond donors (Lipinski definition) is 2. The topological polar surface area (TPSA) is 92.9 Å². The summed E-state index contributed by atoms with van der Waals surface area (Å²) in [6.07, 6.45) is 0.289. The third-order valence-corrected chi connectivity index (χ3v) is 5.09. The van der Waals surface area contributed by atoms with E-state index in [2.05, 4.69) is 9.97 Å². The molecule has 132 valence electrons. The Morgan fingerprint density at radius 2 is 2.00 bits per heavy atom. The number of nitrogens with zero attached hydrogens (tertiary/aromatic N) is 3. The van der Waals surface area contributed by atoms with Gasteiger partial charge < -0.3 is 9.67 Å². The average Bonchev–Trinajstić information content (AvgIpc) is 2.94. The Morgan fingerprint density at radius 3 is 2.68 bits per heavy atom. The summed E-state index contributed by atoms with van der Waals surface area (Å²) >= 11 is 1.40. The molecule has 8 heteroatoms. The van der Waals surface area contributed by atoms with Gasteiger partial charge in [-0.1, -0.05) is 42.1 Å². The molecule has 0 fully saturated rings. The molecule has 0 radical (unpaired) electrons. The smallest absolute Gasteiger partial charge is 0.317 e. The first-order chi connectivity index (χ1) is 12.0. The van der Waals surface area contributed by atoms with E-state index in [1.807, 2.05) is 34.9 Å². The number of aromatic amines is 1. The second-order valence-electron chi connectivity index (χ2n) is 5.93. The molecule has 3 rings (SSSR count). The summed E-state index contributed by atoms with van der Waals surface area (Å²) in [5, 5.41) is 10.2. The number of rotatable bonds is 6. The molecular formula is C17H20N4O3S. The van der Waals surface area contributed by atoms with Gasteiger partial charge in [0.25, 0.3) is 0 Å². The van der Waals surface area contributed by atoms with Gasteiger partial charge >= 0.3 is 11.1 Å². The molecule has 1 unspecified atom stereocenters. The van der Waals surface area contributed by atoms with Crippen molar-refractivity contribution in [2.24, 2.45) is 7.05 Å². The maximum Gasteiger partial charge on any atom is 0.317 e. The molecule has 2 heterocycles. The lowest BCUT2D eigenvalue weighted by Crippen LogP contribution is -2.35. The zero-order valence-corrected chi connectivity index (χ0v) is 14.9. The molecule has 0 saturated carbocycles. The highest BCUT2D eigenvalue weighted by Crippen LogP contribution is 2.23. The summed E-state index contributed by atoms with van der Waals surface area (Å²) < 4.78 is 3.26. The lowest BCUT2D eigenvalue weighted by Gasteiger charge is -2.11. The molecule has 2 aromatic heterocycles. The van der Waals surface area contributed by atoms with Crippen LogP contribution < -0.4 is 11.1 Å². The van der Waals surface area contributed by atoms with Crippen LogP contribution in [0.3, 0.4) is 0 Å². The molecule has 0 aliphatic rings. The third-order valence-electron chi connectivity index (χ3n) is 3.87. The van der Waals surface area contributed by atoms with Crippen molar-refractivity contribution < 1.29 is 5.11 Å². The number of benzene rings is 1. The van der Waals surface area contributed by atoms with Crippen molar-refractivity contribution in [1.29, 1.82) is 0 Å². The molecule has 2 N–H and O–H groups in total. The van der Waals surface area contributed by atoms with Crippen LogP contribution in [0.25, 0.3) is 11.3 Å². The Labute approximate surface area is 148 Å². The number of hydrogen-bond acceptors (Lipinski definition) is 5. The monoisotopic (exact) mass is 360 g/mol. The van der Waals surface area contributed by atoms with Crippen molar-refractivity contribution in [3.63, 3.8) is 0 Å². The van der Waals surface area contributed by atoms with E-state index in [0.717, 1.165) is 6.42 Å². The molecule has 25 heavy (non-hydrogen) atoms. The predicted octanol–water partition coefficient (Wildman–Crippen LogP) is 1.14. The largest absolute Gasteiger partial charge is 0.393 e. The fraction of sp³-hybridized carbons (Fsp3) is 0.353. The van der Waals surface area contributed by atoms with Gasteiger partial charge in [-0.05, 0) is 18.9 Å². The molecule has 1 aromatic carbocycles. The predicted molar refractivity (Wildman–Crippen MR) is 98.1 cm³/mol. The third kappa shape index (κ3) is 3.69. The number of aliphatic hydroxyl groups excluding tert-OH is 1. The zero-order valence-electron chi connectivity index (χ0n) is 14.1. The van der Waals surface area contributed by atoms with E-state index in [9.17, 15) is 14.7 Å². The lowest BCUT2D eigenvalue weighted by molar-refractivity contribution is 0.220. The Morgan fingerprint density at radius 1 is 1.28 bits per heavy atom. The van der Waals surface area contributed by atoms with Gasteiger partial charge in [-0.2, -0.15) is 0 Å². The summed E-state index contributed by atoms with van der Waals surface area (Å²) in [6.45, 7) is 2.32. The van der Waals surface area contributed by atoms with Crippen molar-refractivity contribution in [2.45, 2.75) is 31.1 Å². The Bertz CT molecular complexity index is 989. The zero-order chi connectivity index (χ0) is 18.0. The molecule has 0 bridgehead atoms. The van der Waals surface area contributed by atoms with Crippen molar-refractivity contribution in [2.75, 3.05) is 5.75 Å². The van der Waals surface area contributed by atoms with E-state index in [4.69, 9.17) is 0 Å². The average molecular weight is 360 g/mol.